The number of hydrogen-bond acceptors (Lipinski definition) is 5. The first kappa shape index (κ1) is 31.7. The molecule has 3 N–H and O–H groups in total. The summed E-state index contributed by atoms with van der Waals surface area (Å²) in [6.45, 7) is 0.816. The standard InChI is InChI=1S/C31H27F6N5O3/c1-15-19(7-8-22(34)26(15)30(38)45)20-5-3-9-39-27(20)23(12-16-10-17(32)13-18(33)11-16)40-25(44)14-42-28-21(4-2-6-24(28)43)29(41-42)31(35,36)37/h3,5,7-11,13,15,19,23H,2,4,6,12,14H2,1H3,(H2,38,45)(H,40,44). The van der Waals surface area contributed by atoms with Gasteiger partial charge in [0.05, 0.1) is 17.3 Å². The van der Waals surface area contributed by atoms with Crippen molar-refractivity contribution in [3.63, 3.8) is 0 Å². The number of carbonyl (C=O) groups is 3. The highest BCUT2D eigenvalue weighted by Crippen LogP contribution is 2.40. The lowest BCUT2D eigenvalue weighted by atomic mass is 9.77. The third kappa shape index (κ3) is 6.54. The van der Waals surface area contributed by atoms with Gasteiger partial charge in [0.2, 0.25) is 11.8 Å². The number of aromatic nitrogens is 3. The van der Waals surface area contributed by atoms with Crippen molar-refractivity contribution in [1.29, 1.82) is 0 Å². The van der Waals surface area contributed by atoms with Crippen molar-refractivity contribution in [2.45, 2.75) is 57.3 Å². The van der Waals surface area contributed by atoms with E-state index in [-0.39, 0.29) is 53.8 Å². The van der Waals surface area contributed by atoms with E-state index >= 15 is 0 Å². The number of rotatable bonds is 8. The van der Waals surface area contributed by atoms with E-state index in [0.717, 1.165) is 22.9 Å². The van der Waals surface area contributed by atoms with E-state index in [1.54, 1.807) is 19.1 Å². The summed E-state index contributed by atoms with van der Waals surface area (Å²) >= 11 is 0. The fourth-order valence-corrected chi connectivity index (χ4v) is 6.05. The number of Topliss-reactive ketones (excluding diaryl/α,β-unsaturated/α-hetero) is 1. The molecule has 14 heteroatoms. The molecule has 45 heavy (non-hydrogen) atoms. The van der Waals surface area contributed by atoms with Crippen LogP contribution in [0.4, 0.5) is 26.3 Å². The fraction of sp³-hybridized carbons (Fsp3) is 0.323. The number of fused-ring (bicyclic) bond motifs is 1. The number of allylic oxidation sites excluding steroid dienone is 3. The van der Waals surface area contributed by atoms with Gasteiger partial charge in [-0.25, -0.2) is 13.2 Å². The van der Waals surface area contributed by atoms with Crippen LogP contribution in [0.5, 0.6) is 0 Å². The Labute approximate surface area is 253 Å². The topological polar surface area (TPSA) is 120 Å². The average Bonchev–Trinajstić information content (AvgIpc) is 3.32. The van der Waals surface area contributed by atoms with Crippen molar-refractivity contribution in [3.8, 4) is 0 Å². The molecule has 8 nitrogen and oxygen atoms in total. The molecule has 2 aliphatic rings. The number of nitrogens with two attached hydrogens (primary N) is 1. The molecule has 2 amide bonds. The molecular formula is C31H27F6N5O3. The summed E-state index contributed by atoms with van der Waals surface area (Å²) < 4.78 is 84.7. The van der Waals surface area contributed by atoms with Gasteiger partial charge < -0.3 is 11.1 Å². The van der Waals surface area contributed by atoms with Crippen LogP contribution in [0.1, 0.15) is 70.3 Å². The van der Waals surface area contributed by atoms with Crippen molar-refractivity contribution >= 4 is 17.6 Å². The van der Waals surface area contributed by atoms with Gasteiger partial charge in [0.15, 0.2) is 11.5 Å². The zero-order chi connectivity index (χ0) is 32.6. The summed E-state index contributed by atoms with van der Waals surface area (Å²) in [5.41, 5.74) is 4.12. The van der Waals surface area contributed by atoms with Crippen LogP contribution < -0.4 is 11.1 Å². The Bertz CT molecular complexity index is 1730. The first-order chi connectivity index (χ1) is 21.2. The third-order valence-corrected chi connectivity index (χ3v) is 7.93. The van der Waals surface area contributed by atoms with Crippen LogP contribution in [-0.2, 0) is 35.2 Å². The summed E-state index contributed by atoms with van der Waals surface area (Å²) in [6, 6.07) is 4.84. The van der Waals surface area contributed by atoms with Gasteiger partial charge in [0.25, 0.3) is 0 Å². The summed E-state index contributed by atoms with van der Waals surface area (Å²) in [4.78, 5) is 42.5. The number of nitrogens with one attached hydrogen (secondary N) is 1. The lowest BCUT2D eigenvalue weighted by Gasteiger charge is -2.29. The molecule has 236 valence electrons. The Hall–Kier alpha value is -4.75. The van der Waals surface area contributed by atoms with Gasteiger partial charge in [-0.05, 0) is 60.6 Å². The molecule has 2 aliphatic carbocycles. The zero-order valence-corrected chi connectivity index (χ0v) is 23.8. The second-order valence-corrected chi connectivity index (χ2v) is 11.0. The van der Waals surface area contributed by atoms with Gasteiger partial charge in [-0.3, -0.25) is 24.0 Å². The first-order valence-corrected chi connectivity index (χ1v) is 14.0. The van der Waals surface area contributed by atoms with Gasteiger partial charge in [-0.1, -0.05) is 19.1 Å². The fourth-order valence-electron chi connectivity index (χ4n) is 6.05. The minimum atomic E-state index is -4.85. The van der Waals surface area contributed by atoms with E-state index in [1.165, 1.54) is 12.3 Å². The third-order valence-electron chi connectivity index (χ3n) is 7.93. The van der Waals surface area contributed by atoms with E-state index in [9.17, 15) is 40.7 Å². The molecule has 2 heterocycles. The minimum absolute atomic E-state index is 0.00190. The quantitative estimate of drug-likeness (QED) is 0.332. The smallest absolute Gasteiger partial charge is 0.366 e. The predicted molar refractivity (Wildman–Crippen MR) is 148 cm³/mol. The highest BCUT2D eigenvalue weighted by Gasteiger charge is 2.41. The maximum atomic E-state index is 14.5. The molecule has 5 rings (SSSR count). The van der Waals surface area contributed by atoms with E-state index in [0.29, 0.717) is 11.6 Å². The van der Waals surface area contributed by atoms with Gasteiger partial charge in [0.1, 0.15) is 29.7 Å². The number of pyridine rings is 1. The molecule has 0 radical (unpaired) electrons. The number of hydrogen-bond donors (Lipinski definition) is 2. The summed E-state index contributed by atoms with van der Waals surface area (Å²) in [7, 11) is 0. The number of primary amides is 1. The molecule has 0 fully saturated rings. The minimum Gasteiger partial charge on any atom is -0.366 e. The van der Waals surface area contributed by atoms with Crippen LogP contribution in [0.15, 0.2) is 60.1 Å². The number of benzene rings is 1. The van der Waals surface area contributed by atoms with Crippen LogP contribution in [0, 0.1) is 17.6 Å². The lowest BCUT2D eigenvalue weighted by Crippen LogP contribution is -2.35. The molecule has 3 unspecified atom stereocenters. The maximum Gasteiger partial charge on any atom is 0.435 e. The molecule has 3 aromatic rings. The van der Waals surface area contributed by atoms with Gasteiger partial charge >= 0.3 is 6.18 Å². The molecular weight excluding hydrogens is 604 g/mol. The van der Waals surface area contributed by atoms with Gasteiger partial charge in [-0.15, -0.1) is 0 Å². The zero-order valence-electron chi connectivity index (χ0n) is 23.8. The largest absolute Gasteiger partial charge is 0.435 e. The van der Waals surface area contributed by atoms with Crippen molar-refractivity contribution in [2.75, 3.05) is 0 Å². The second kappa shape index (κ2) is 12.3. The van der Waals surface area contributed by atoms with Crippen molar-refractivity contribution in [1.82, 2.24) is 20.1 Å². The van der Waals surface area contributed by atoms with Crippen molar-refractivity contribution in [2.24, 2.45) is 11.7 Å². The average molecular weight is 632 g/mol. The molecule has 0 bridgehead atoms. The van der Waals surface area contributed by atoms with Crippen LogP contribution in [0.25, 0.3) is 0 Å². The molecule has 0 saturated carbocycles. The number of carbonyl (C=O) groups excluding carboxylic acids is 3. The lowest BCUT2D eigenvalue weighted by molar-refractivity contribution is -0.142. The van der Waals surface area contributed by atoms with Crippen LogP contribution in [-0.4, -0.2) is 32.4 Å². The van der Waals surface area contributed by atoms with Gasteiger partial charge in [0, 0.05) is 30.2 Å². The number of nitrogens with zero attached hydrogens (tertiary/aromatic N) is 3. The predicted octanol–water partition coefficient (Wildman–Crippen LogP) is 5.19. The highest BCUT2D eigenvalue weighted by molar-refractivity contribution is 5.97. The van der Waals surface area contributed by atoms with Gasteiger partial charge in [-0.2, -0.15) is 18.3 Å². The summed E-state index contributed by atoms with van der Waals surface area (Å²) in [5.74, 6) is -6.38. The van der Waals surface area contributed by atoms with Crippen LogP contribution >= 0.6 is 0 Å². The Kier molecular flexibility index (Phi) is 8.68. The molecule has 0 aliphatic heterocycles. The Morgan fingerprint density at radius 1 is 1.13 bits per heavy atom. The Morgan fingerprint density at radius 3 is 2.51 bits per heavy atom. The first-order valence-electron chi connectivity index (χ1n) is 14.0. The molecule has 0 saturated heterocycles. The second-order valence-electron chi connectivity index (χ2n) is 11.0. The molecule has 0 spiro atoms. The summed E-state index contributed by atoms with van der Waals surface area (Å²) in [5, 5.41) is 6.25. The summed E-state index contributed by atoms with van der Waals surface area (Å²) in [6.07, 6.45) is -0.904. The van der Waals surface area contributed by atoms with Crippen molar-refractivity contribution in [3.05, 3.63) is 105 Å². The van der Waals surface area contributed by atoms with E-state index in [4.69, 9.17) is 5.73 Å². The molecule has 1 aromatic carbocycles. The number of alkyl halides is 3. The normalized spacial score (nSPS) is 19.0. The Morgan fingerprint density at radius 2 is 1.84 bits per heavy atom. The number of ketones is 1. The Balaban J connectivity index is 1.52. The van der Waals surface area contributed by atoms with Crippen LogP contribution in [0.3, 0.4) is 0 Å². The van der Waals surface area contributed by atoms with Crippen molar-refractivity contribution < 1.29 is 40.7 Å². The molecule has 3 atom stereocenters. The SMILES string of the molecule is CC1C(C(N)=O)=C(F)C=CC1c1cccnc1C(Cc1cc(F)cc(F)c1)NC(=O)Cn1nc(C(F)(F)F)c2c1C(=O)CCC2. The van der Waals surface area contributed by atoms with E-state index in [1.807, 2.05) is 0 Å². The van der Waals surface area contributed by atoms with Crippen LogP contribution in [0.2, 0.25) is 0 Å². The van der Waals surface area contributed by atoms with E-state index < -0.39 is 71.4 Å². The number of halogens is 6. The monoisotopic (exact) mass is 631 g/mol. The molecule has 2 aromatic heterocycles. The van der Waals surface area contributed by atoms with E-state index in [2.05, 4.69) is 15.4 Å². The number of amides is 2. The maximum absolute atomic E-state index is 14.5. The highest BCUT2D eigenvalue weighted by atomic mass is 19.4.